The van der Waals surface area contributed by atoms with Crippen LogP contribution < -0.4 is 17.2 Å². The van der Waals surface area contributed by atoms with E-state index in [0.29, 0.717) is 37.8 Å². The molecule has 166 valence electrons. The molecule has 0 radical (unpaired) electrons. The van der Waals surface area contributed by atoms with Crippen LogP contribution in [0.2, 0.25) is 0 Å². The maximum atomic E-state index is 11.0. The Balaban J connectivity index is 0. The number of aliphatic hydroxyl groups is 3. The van der Waals surface area contributed by atoms with Crippen molar-refractivity contribution in [3.05, 3.63) is 36.2 Å². The second-order valence-electron chi connectivity index (χ2n) is 5.36. The van der Waals surface area contributed by atoms with Gasteiger partial charge in [0, 0.05) is 37.5 Å². The molecule has 0 spiro atoms. The van der Waals surface area contributed by atoms with Crippen LogP contribution in [0, 0.1) is 5.92 Å². The zero-order chi connectivity index (χ0) is 22.5. The second-order valence-corrected chi connectivity index (χ2v) is 5.80. The summed E-state index contributed by atoms with van der Waals surface area (Å²) in [4.78, 5) is 15.2. The molecule has 0 aliphatic rings. The molecule has 29 heavy (non-hydrogen) atoms. The topological polar surface area (TPSA) is 195 Å². The van der Waals surface area contributed by atoms with Gasteiger partial charge in [0.15, 0.2) is 5.12 Å². The largest absolute Gasteiger partial charge is 0.395 e. The summed E-state index contributed by atoms with van der Waals surface area (Å²) in [7, 11) is 0. The highest BCUT2D eigenvalue weighted by Gasteiger charge is 2.15. The molecule has 1 unspecified atom stereocenters. The number of benzene rings is 1. The molecule has 11 heteroatoms. The highest BCUT2D eigenvalue weighted by Crippen LogP contribution is 2.16. The lowest BCUT2D eigenvalue weighted by atomic mass is 10.1. The smallest absolute Gasteiger partial charge is 0.227 e. The monoisotopic (exact) mass is 431 g/mol. The van der Waals surface area contributed by atoms with Gasteiger partial charge in [-0.25, -0.2) is 0 Å². The third-order valence-corrected chi connectivity index (χ3v) is 3.23. The molecule has 0 amide bonds. The van der Waals surface area contributed by atoms with E-state index in [-0.39, 0.29) is 30.9 Å². The third kappa shape index (κ3) is 16.8. The Hall–Kier alpha value is -1.86. The number of thiol groups is 1. The van der Waals surface area contributed by atoms with Gasteiger partial charge in [-0.05, 0) is 0 Å². The average molecular weight is 432 g/mol. The maximum absolute atomic E-state index is 11.0. The van der Waals surface area contributed by atoms with Crippen LogP contribution in [0.4, 0.5) is 0 Å². The van der Waals surface area contributed by atoms with E-state index < -0.39 is 0 Å². The Morgan fingerprint density at radius 1 is 1.03 bits per heavy atom. The summed E-state index contributed by atoms with van der Waals surface area (Å²) in [5.74, 6) is 0.778. The number of nitrogens with two attached hydrogens (primary N) is 3. The third-order valence-electron chi connectivity index (χ3n) is 2.79. The fraction of sp³-hybridized carbons (Fsp3) is 0.500. The standard InChI is InChI=1S/C12H12N2O2S.3C2H7NO/c1-8(12(15)17)7-10-13-11(14-16-10)9-5-3-2-4-6-9;3*3-1-2-4/h2-6,8H,7H2,1H3,(H,15,17);3*4H,1-3H2. The minimum absolute atomic E-state index is 0.0972. The van der Waals surface area contributed by atoms with Crippen LogP contribution in [0.1, 0.15) is 12.8 Å². The minimum Gasteiger partial charge on any atom is -0.395 e. The highest BCUT2D eigenvalue weighted by molar-refractivity contribution is 7.96. The maximum Gasteiger partial charge on any atom is 0.227 e. The summed E-state index contributed by atoms with van der Waals surface area (Å²) in [5.41, 5.74) is 15.2. The van der Waals surface area contributed by atoms with Crippen LogP contribution in [0.5, 0.6) is 0 Å². The average Bonchev–Trinajstić information content (AvgIpc) is 3.23. The van der Waals surface area contributed by atoms with Crippen molar-refractivity contribution < 1.29 is 24.6 Å². The minimum atomic E-state index is -0.220. The van der Waals surface area contributed by atoms with Crippen molar-refractivity contribution in [3.63, 3.8) is 0 Å². The van der Waals surface area contributed by atoms with Gasteiger partial charge in [0.1, 0.15) is 0 Å². The van der Waals surface area contributed by atoms with Gasteiger partial charge in [-0.2, -0.15) is 4.98 Å². The van der Waals surface area contributed by atoms with E-state index in [4.69, 9.17) is 37.0 Å². The molecule has 0 fully saturated rings. The molecule has 0 aliphatic heterocycles. The molecule has 1 aromatic heterocycles. The molecule has 0 aliphatic carbocycles. The van der Waals surface area contributed by atoms with E-state index >= 15 is 0 Å². The number of hydrogen-bond acceptors (Lipinski definition) is 10. The first-order valence-corrected chi connectivity index (χ1v) is 9.39. The van der Waals surface area contributed by atoms with Crippen LogP contribution in [0.3, 0.4) is 0 Å². The number of aromatic nitrogens is 2. The van der Waals surface area contributed by atoms with Crippen molar-refractivity contribution >= 4 is 17.7 Å². The van der Waals surface area contributed by atoms with Gasteiger partial charge in [-0.1, -0.05) is 42.4 Å². The zero-order valence-corrected chi connectivity index (χ0v) is 17.5. The van der Waals surface area contributed by atoms with Crippen molar-refractivity contribution in [1.29, 1.82) is 0 Å². The molecule has 2 rings (SSSR count). The van der Waals surface area contributed by atoms with Gasteiger partial charge in [0.05, 0.1) is 19.8 Å². The van der Waals surface area contributed by atoms with Crippen LogP contribution in [0.15, 0.2) is 34.9 Å². The molecule has 2 aromatic rings. The first-order valence-electron chi connectivity index (χ1n) is 8.95. The summed E-state index contributed by atoms with van der Waals surface area (Å²) in [5, 5.41) is 27.0. The van der Waals surface area contributed by atoms with Crippen molar-refractivity contribution in [2.75, 3.05) is 39.5 Å². The Labute approximate surface area is 176 Å². The fourth-order valence-electron chi connectivity index (χ4n) is 1.39. The van der Waals surface area contributed by atoms with E-state index in [1.807, 2.05) is 30.3 Å². The van der Waals surface area contributed by atoms with E-state index in [2.05, 4.69) is 22.8 Å². The molecular weight excluding hydrogens is 398 g/mol. The molecule has 1 aromatic carbocycles. The summed E-state index contributed by atoms with van der Waals surface area (Å²) in [6.07, 6.45) is 0.419. The number of carbonyl (C=O) groups excluding carboxylic acids is 1. The van der Waals surface area contributed by atoms with E-state index in [0.717, 1.165) is 5.56 Å². The Kier molecular flexibility index (Phi) is 21.1. The summed E-state index contributed by atoms with van der Waals surface area (Å²) in [6.45, 7) is 3.20. The normalized spacial score (nSPS) is 10.3. The van der Waals surface area contributed by atoms with Gasteiger partial charge in [0.25, 0.3) is 0 Å². The van der Waals surface area contributed by atoms with Crippen molar-refractivity contribution in [2.24, 2.45) is 23.1 Å². The highest BCUT2D eigenvalue weighted by atomic mass is 32.1. The number of carbonyl (C=O) groups is 1. The molecule has 1 heterocycles. The Morgan fingerprint density at radius 3 is 1.86 bits per heavy atom. The quantitative estimate of drug-likeness (QED) is 0.272. The lowest BCUT2D eigenvalue weighted by Crippen LogP contribution is -2.07. The molecule has 10 nitrogen and oxygen atoms in total. The van der Waals surface area contributed by atoms with Gasteiger partial charge in [-0.3, -0.25) is 4.79 Å². The van der Waals surface area contributed by atoms with Crippen LogP contribution >= 0.6 is 12.6 Å². The van der Waals surface area contributed by atoms with Gasteiger partial charge < -0.3 is 37.0 Å². The van der Waals surface area contributed by atoms with Crippen LogP contribution in [0.25, 0.3) is 11.4 Å². The van der Waals surface area contributed by atoms with E-state index in [1.54, 1.807) is 6.92 Å². The number of hydrogen-bond donors (Lipinski definition) is 7. The molecule has 0 bridgehead atoms. The first kappa shape index (κ1) is 29.3. The Morgan fingerprint density at radius 2 is 1.48 bits per heavy atom. The van der Waals surface area contributed by atoms with Crippen LogP contribution in [-0.2, 0) is 11.2 Å². The SMILES string of the molecule is CC(Cc1nc(-c2ccccc2)no1)C(=O)S.NCCO.NCCO.NCCO. The number of nitrogens with zero attached hydrogens (tertiary/aromatic N) is 2. The summed E-state index contributed by atoms with van der Waals surface area (Å²) < 4.78 is 5.09. The lowest BCUT2D eigenvalue weighted by Gasteiger charge is -2.00. The number of rotatable bonds is 7. The van der Waals surface area contributed by atoms with E-state index in [9.17, 15) is 4.79 Å². The second kappa shape index (κ2) is 20.9. The predicted molar refractivity (Wildman–Crippen MR) is 115 cm³/mol. The fourth-order valence-corrected chi connectivity index (χ4v) is 1.48. The molecular formula is C18H33N5O5S. The molecule has 0 saturated heterocycles. The summed E-state index contributed by atoms with van der Waals surface area (Å²) >= 11 is 3.77. The Bertz CT molecular complexity index is 600. The molecule has 9 N–H and O–H groups in total. The number of aliphatic hydroxyl groups excluding tert-OH is 3. The zero-order valence-electron chi connectivity index (χ0n) is 16.6. The predicted octanol–water partition coefficient (Wildman–Crippen LogP) is -0.816. The van der Waals surface area contributed by atoms with Crippen molar-refractivity contribution in [2.45, 2.75) is 13.3 Å². The lowest BCUT2D eigenvalue weighted by molar-refractivity contribution is -0.113. The van der Waals surface area contributed by atoms with E-state index in [1.165, 1.54) is 0 Å². The van der Waals surface area contributed by atoms with Gasteiger partial charge in [0.2, 0.25) is 11.7 Å². The van der Waals surface area contributed by atoms with Crippen molar-refractivity contribution in [1.82, 2.24) is 10.1 Å². The van der Waals surface area contributed by atoms with Crippen molar-refractivity contribution in [3.8, 4) is 11.4 Å². The molecule has 0 saturated carbocycles. The van der Waals surface area contributed by atoms with Gasteiger partial charge >= 0.3 is 0 Å². The molecule has 1 atom stereocenters. The van der Waals surface area contributed by atoms with Crippen LogP contribution in [-0.4, -0.2) is 70.0 Å². The first-order chi connectivity index (χ1) is 13.9. The van der Waals surface area contributed by atoms with Gasteiger partial charge in [-0.15, -0.1) is 12.6 Å². The summed E-state index contributed by atoms with van der Waals surface area (Å²) in [6, 6.07) is 9.55.